The molecule has 23 heavy (non-hydrogen) atoms. The van der Waals surface area contributed by atoms with Gasteiger partial charge < -0.3 is 15.4 Å². The van der Waals surface area contributed by atoms with Crippen LogP contribution in [0.1, 0.15) is 31.1 Å². The summed E-state index contributed by atoms with van der Waals surface area (Å²) in [7, 11) is -3.56. The first-order valence-electron chi connectivity index (χ1n) is 7.12. The van der Waals surface area contributed by atoms with Crippen molar-refractivity contribution in [2.24, 2.45) is 5.73 Å². The Hall–Kier alpha value is -2.09. The molecule has 1 aromatic rings. The largest absolute Gasteiger partial charge is 0.444 e. The van der Waals surface area contributed by atoms with Gasteiger partial charge in [-0.1, -0.05) is 0 Å². The maximum absolute atomic E-state index is 12.5. The van der Waals surface area contributed by atoms with E-state index in [2.05, 4.69) is 0 Å². The number of primary amides is 1. The summed E-state index contributed by atoms with van der Waals surface area (Å²) >= 11 is 0. The number of carbonyl (C=O) groups is 2. The third kappa shape index (κ3) is 3.82. The molecule has 1 aromatic carbocycles. The summed E-state index contributed by atoms with van der Waals surface area (Å²) in [6, 6.07) is 5.45. The molecule has 1 aliphatic heterocycles. The zero-order chi connectivity index (χ0) is 17.4. The maximum atomic E-state index is 12.5. The second kappa shape index (κ2) is 5.84. The van der Waals surface area contributed by atoms with Crippen LogP contribution in [0.25, 0.3) is 0 Å². The number of sulfone groups is 1. The van der Waals surface area contributed by atoms with Gasteiger partial charge in [0.2, 0.25) is 5.91 Å². The van der Waals surface area contributed by atoms with Crippen molar-refractivity contribution in [1.29, 1.82) is 0 Å². The van der Waals surface area contributed by atoms with Gasteiger partial charge in [0.15, 0.2) is 9.84 Å². The first-order valence-corrected chi connectivity index (χ1v) is 8.67. The number of hydrogen-bond acceptors (Lipinski definition) is 5. The van der Waals surface area contributed by atoms with Crippen LogP contribution in [0.3, 0.4) is 0 Å². The van der Waals surface area contributed by atoms with E-state index in [1.165, 1.54) is 29.2 Å². The summed E-state index contributed by atoms with van der Waals surface area (Å²) in [6.45, 7) is 5.43. The number of likely N-dealkylation sites (tertiary alicyclic amines) is 1. The van der Waals surface area contributed by atoms with Crippen molar-refractivity contribution < 1.29 is 22.7 Å². The number of amides is 2. The maximum Gasteiger partial charge on any atom is 0.410 e. The highest BCUT2D eigenvalue weighted by Gasteiger charge is 2.42. The van der Waals surface area contributed by atoms with E-state index in [0.717, 1.165) is 0 Å². The minimum absolute atomic E-state index is 0.0921. The summed E-state index contributed by atoms with van der Waals surface area (Å²) in [4.78, 5) is 24.3. The molecule has 2 amide bonds. The third-order valence-electron chi connectivity index (χ3n) is 3.41. The van der Waals surface area contributed by atoms with E-state index in [0.29, 0.717) is 0 Å². The molecule has 0 radical (unpaired) electrons. The van der Waals surface area contributed by atoms with Crippen LogP contribution >= 0.6 is 0 Å². The van der Waals surface area contributed by atoms with Crippen LogP contribution in [-0.2, 0) is 14.6 Å². The Morgan fingerprint density at radius 3 is 2.13 bits per heavy atom. The Kier molecular flexibility index (Phi) is 4.39. The lowest BCUT2D eigenvalue weighted by atomic mass is 10.2. The van der Waals surface area contributed by atoms with Crippen molar-refractivity contribution in [3.8, 4) is 0 Å². The average molecular weight is 340 g/mol. The summed E-state index contributed by atoms with van der Waals surface area (Å²) in [5.41, 5.74) is 4.75. The first-order chi connectivity index (χ1) is 10.5. The summed E-state index contributed by atoms with van der Waals surface area (Å²) in [5, 5.41) is -0.672. The van der Waals surface area contributed by atoms with Gasteiger partial charge in [-0.3, -0.25) is 4.79 Å². The second-order valence-electron chi connectivity index (χ2n) is 6.44. The Morgan fingerprint density at radius 2 is 1.70 bits per heavy atom. The topological polar surface area (TPSA) is 107 Å². The predicted molar refractivity (Wildman–Crippen MR) is 83.7 cm³/mol. The van der Waals surface area contributed by atoms with Gasteiger partial charge in [-0.15, -0.1) is 0 Å². The Bertz CT molecular complexity index is 713. The Labute approximate surface area is 135 Å². The molecule has 1 fully saturated rings. The van der Waals surface area contributed by atoms with E-state index >= 15 is 0 Å². The summed E-state index contributed by atoms with van der Waals surface area (Å²) in [5.74, 6) is -0.617. The number of benzene rings is 1. The van der Waals surface area contributed by atoms with Crippen molar-refractivity contribution >= 4 is 21.8 Å². The van der Waals surface area contributed by atoms with E-state index in [9.17, 15) is 18.0 Å². The SMILES string of the molecule is CC(C)(C)OC(=O)N1CC(S(=O)(=O)c2ccc(C(N)=O)cc2)C1. The fourth-order valence-corrected chi connectivity index (χ4v) is 3.76. The highest BCUT2D eigenvalue weighted by Crippen LogP contribution is 2.25. The van der Waals surface area contributed by atoms with Crippen LogP contribution in [0.15, 0.2) is 29.2 Å². The van der Waals surface area contributed by atoms with Crippen LogP contribution in [0.5, 0.6) is 0 Å². The molecule has 2 rings (SSSR count). The summed E-state index contributed by atoms with van der Waals surface area (Å²) < 4.78 is 30.1. The van der Waals surface area contributed by atoms with Crippen LogP contribution < -0.4 is 5.73 Å². The van der Waals surface area contributed by atoms with Gasteiger partial charge in [0, 0.05) is 18.7 Å². The quantitative estimate of drug-likeness (QED) is 0.889. The highest BCUT2D eigenvalue weighted by atomic mass is 32.2. The summed E-state index contributed by atoms with van der Waals surface area (Å²) in [6.07, 6.45) is -0.520. The van der Waals surface area contributed by atoms with Crippen LogP contribution in [0, 0.1) is 0 Å². The molecular formula is C15H20N2O5S. The van der Waals surface area contributed by atoms with Crippen molar-refractivity contribution in [3.63, 3.8) is 0 Å². The number of rotatable bonds is 3. The molecule has 126 valence electrons. The van der Waals surface area contributed by atoms with Crippen LogP contribution in [0.4, 0.5) is 4.79 Å². The molecule has 0 aliphatic carbocycles. The van der Waals surface area contributed by atoms with E-state index in [4.69, 9.17) is 10.5 Å². The van der Waals surface area contributed by atoms with Gasteiger partial charge in [-0.25, -0.2) is 13.2 Å². The van der Waals surface area contributed by atoms with Gasteiger partial charge in [-0.2, -0.15) is 0 Å². The van der Waals surface area contributed by atoms with Crippen LogP contribution in [0.2, 0.25) is 0 Å². The van der Waals surface area contributed by atoms with Gasteiger partial charge in [0.05, 0.1) is 4.90 Å². The molecule has 7 nitrogen and oxygen atoms in total. The number of hydrogen-bond donors (Lipinski definition) is 1. The van der Waals surface area contributed by atoms with E-state index in [-0.39, 0.29) is 23.5 Å². The Balaban J connectivity index is 2.03. The molecule has 0 saturated carbocycles. The van der Waals surface area contributed by atoms with Gasteiger partial charge >= 0.3 is 6.09 Å². The van der Waals surface area contributed by atoms with Crippen molar-refractivity contribution in [2.75, 3.05) is 13.1 Å². The van der Waals surface area contributed by atoms with Crippen LogP contribution in [-0.4, -0.2) is 49.3 Å². The number of nitrogens with two attached hydrogens (primary N) is 1. The highest BCUT2D eigenvalue weighted by molar-refractivity contribution is 7.92. The molecule has 0 unspecified atom stereocenters. The fourth-order valence-electron chi connectivity index (χ4n) is 2.11. The minimum Gasteiger partial charge on any atom is -0.444 e. The molecule has 8 heteroatoms. The van der Waals surface area contributed by atoms with Gasteiger partial charge in [0.1, 0.15) is 10.9 Å². The lowest BCUT2D eigenvalue weighted by molar-refractivity contribution is 0.0139. The molecule has 2 N–H and O–H groups in total. The number of carbonyl (C=O) groups excluding carboxylic acids is 2. The number of nitrogens with zero attached hydrogens (tertiary/aromatic N) is 1. The van der Waals surface area contributed by atoms with Crippen molar-refractivity contribution in [3.05, 3.63) is 29.8 Å². The first kappa shape index (κ1) is 17.3. The zero-order valence-corrected chi connectivity index (χ0v) is 14.1. The van der Waals surface area contributed by atoms with Crippen molar-refractivity contribution in [2.45, 2.75) is 36.5 Å². The van der Waals surface area contributed by atoms with E-state index in [1.807, 2.05) is 0 Å². The van der Waals surface area contributed by atoms with E-state index in [1.54, 1.807) is 20.8 Å². The third-order valence-corrected chi connectivity index (χ3v) is 5.51. The van der Waals surface area contributed by atoms with Crippen molar-refractivity contribution in [1.82, 2.24) is 4.90 Å². The lowest BCUT2D eigenvalue weighted by Gasteiger charge is -2.39. The lowest BCUT2D eigenvalue weighted by Crippen LogP contribution is -2.57. The Morgan fingerprint density at radius 1 is 1.17 bits per heavy atom. The molecule has 0 atom stereocenters. The van der Waals surface area contributed by atoms with E-state index < -0.39 is 32.7 Å². The molecule has 1 heterocycles. The molecule has 0 aromatic heterocycles. The molecule has 0 bridgehead atoms. The fraction of sp³-hybridized carbons (Fsp3) is 0.467. The number of ether oxygens (including phenoxy) is 1. The monoisotopic (exact) mass is 340 g/mol. The smallest absolute Gasteiger partial charge is 0.410 e. The van der Waals surface area contributed by atoms with Gasteiger partial charge in [0.25, 0.3) is 0 Å². The molecule has 1 aliphatic rings. The predicted octanol–water partition coefficient (Wildman–Crippen LogP) is 1.18. The molecular weight excluding hydrogens is 320 g/mol. The minimum atomic E-state index is -3.56. The average Bonchev–Trinajstić information content (AvgIpc) is 2.34. The van der Waals surface area contributed by atoms with Gasteiger partial charge in [-0.05, 0) is 45.0 Å². The molecule has 0 spiro atoms. The molecule has 1 saturated heterocycles. The normalized spacial score (nSPS) is 15.9. The standard InChI is InChI=1S/C15H20N2O5S/c1-15(2,3)22-14(19)17-8-12(9-17)23(20,21)11-6-4-10(5-7-11)13(16)18/h4-7,12H,8-9H2,1-3H3,(H2,16,18). The zero-order valence-electron chi connectivity index (χ0n) is 13.3. The second-order valence-corrected chi connectivity index (χ2v) is 8.67.